The maximum atomic E-state index is 12.1. The first kappa shape index (κ1) is 58.6. The molecule has 0 saturated carbocycles. The second-order valence-corrected chi connectivity index (χ2v) is 12.4. The zero-order valence-corrected chi connectivity index (χ0v) is 39.8. The fourth-order valence-corrected chi connectivity index (χ4v) is 4.28. The number of hydrogen-bond donors (Lipinski definition) is 0. The summed E-state index contributed by atoms with van der Waals surface area (Å²) in [4.78, 5) is 8.44. The van der Waals surface area contributed by atoms with Crippen LogP contribution in [0.15, 0.2) is 194 Å². The number of hydrogen-bond acceptors (Lipinski definition) is 2. The van der Waals surface area contributed by atoms with Gasteiger partial charge in [0.05, 0.1) is 5.34 Å². The summed E-state index contributed by atoms with van der Waals surface area (Å²) in [7, 11) is 0. The van der Waals surface area contributed by atoms with Crippen LogP contribution in [0.5, 0.6) is 0 Å². The molecule has 0 aliphatic carbocycles. The standard InChI is InChI=1S/2C11H8N.4C8H4F.CH2Cl2.2Au/c2*1-2-6-10(7-3-1)11-8-4-5-9-12-11;4*1-2-7-3-5-8(9)6-4-7;2-1-3;;/h2*1-6,8-9H;4*3-6H;1H2;;/q6*-1;;2*+3. The summed E-state index contributed by atoms with van der Waals surface area (Å²) >= 11 is 9.53. The fraction of sp³-hybridized carbons (Fsp3) is 0.0182. The van der Waals surface area contributed by atoms with Crippen LogP contribution >= 0.6 is 23.2 Å². The van der Waals surface area contributed by atoms with Gasteiger partial charge in [0, 0.05) is 12.4 Å². The van der Waals surface area contributed by atoms with Gasteiger partial charge < -0.3 is 35.7 Å². The molecule has 2 heterocycles. The monoisotopic (exact) mass is 1260 g/mol. The van der Waals surface area contributed by atoms with Crippen LogP contribution in [0.25, 0.3) is 22.5 Å². The van der Waals surface area contributed by atoms with E-state index in [-0.39, 0.29) is 73.4 Å². The Labute approximate surface area is 421 Å². The summed E-state index contributed by atoms with van der Waals surface area (Å²) in [5, 5.41) is 0.194. The van der Waals surface area contributed by atoms with Crippen LogP contribution in [-0.4, -0.2) is 15.3 Å². The second kappa shape index (κ2) is 37.1. The van der Waals surface area contributed by atoms with E-state index in [0.29, 0.717) is 22.3 Å². The van der Waals surface area contributed by atoms with Crippen LogP contribution in [0.1, 0.15) is 22.3 Å². The van der Waals surface area contributed by atoms with Gasteiger partial charge in [-0.1, -0.05) is 24.3 Å². The molecule has 0 aliphatic rings. The Kier molecular flexibility index (Phi) is 33.4. The van der Waals surface area contributed by atoms with Crippen molar-refractivity contribution in [3.63, 3.8) is 0 Å². The average Bonchev–Trinajstić information content (AvgIpc) is 3.35. The number of nitrogens with zero attached hydrogens (tertiary/aromatic N) is 2. The first-order chi connectivity index (χ1) is 30.6. The predicted molar refractivity (Wildman–Crippen MR) is 244 cm³/mol. The molecule has 0 bridgehead atoms. The largest absolute Gasteiger partial charge is 3.00 e. The van der Waals surface area contributed by atoms with E-state index in [1.165, 1.54) is 97.1 Å². The van der Waals surface area contributed by atoms with E-state index in [1.54, 1.807) is 12.4 Å². The second-order valence-electron chi connectivity index (χ2n) is 11.6. The van der Waals surface area contributed by atoms with Crippen LogP contribution in [0.4, 0.5) is 17.6 Å². The smallest absolute Gasteiger partial charge is 0.366 e. The molecule has 8 rings (SSSR count). The van der Waals surface area contributed by atoms with E-state index >= 15 is 0 Å². The van der Waals surface area contributed by atoms with Gasteiger partial charge in [-0.15, -0.1) is 166 Å². The van der Waals surface area contributed by atoms with E-state index in [0.717, 1.165) is 22.5 Å². The van der Waals surface area contributed by atoms with Crippen LogP contribution in [0.3, 0.4) is 0 Å². The SMILES string of the molecule is ClCCl.[Au+3].[Au+3].[C-]#Cc1ccc(F)cc1.[C-]#Cc1ccc(F)cc1.[C-]#Cc1ccc(F)cc1.[C-]#Cc1ccc(F)cc1.[c-]1ccccc1-c1ccccn1.[c-]1ccccc1-c1ccccn1. The molecule has 328 valence electrons. The Morgan fingerprint density at radius 1 is 0.385 bits per heavy atom. The molecule has 0 atom stereocenters. The normalized spacial score (nSPS) is 8.52. The number of benzene rings is 6. The van der Waals surface area contributed by atoms with Gasteiger partial charge in [-0.05, 0) is 72.1 Å². The topological polar surface area (TPSA) is 25.8 Å². The molecule has 0 radical (unpaired) electrons. The third kappa shape index (κ3) is 26.8. The molecule has 0 spiro atoms. The number of pyridine rings is 2. The van der Waals surface area contributed by atoms with Crippen molar-refractivity contribution < 1.29 is 62.3 Å². The Balaban J connectivity index is 0.000000746. The van der Waals surface area contributed by atoms with Gasteiger partial charge in [0.2, 0.25) is 0 Å². The quantitative estimate of drug-likeness (QED) is 0.0567. The van der Waals surface area contributed by atoms with Crippen molar-refractivity contribution in [3.05, 3.63) is 278 Å². The summed E-state index contributed by atoms with van der Waals surface area (Å²) in [6.07, 6.45) is 30.1. The summed E-state index contributed by atoms with van der Waals surface area (Å²) in [6, 6.07) is 56.1. The molecular weight excluding hydrogens is 1230 g/mol. The van der Waals surface area contributed by atoms with Gasteiger partial charge in [-0.2, -0.15) is 0 Å². The Morgan fingerprint density at radius 2 is 0.631 bits per heavy atom. The number of aromatic nitrogens is 2. The van der Waals surface area contributed by atoms with Crippen molar-refractivity contribution in [2.75, 3.05) is 5.34 Å². The molecule has 0 fully saturated rings. The molecule has 10 heteroatoms. The average molecular weight is 1260 g/mol. The molecule has 2 nitrogen and oxygen atoms in total. The van der Waals surface area contributed by atoms with Gasteiger partial charge in [0.15, 0.2) is 0 Å². The molecule has 0 unspecified atom stereocenters. The predicted octanol–water partition coefficient (Wildman–Crippen LogP) is 13.6. The molecule has 8 aromatic rings. The number of halogens is 6. The van der Waals surface area contributed by atoms with Crippen LogP contribution < -0.4 is 0 Å². The molecule has 0 saturated heterocycles. The van der Waals surface area contributed by atoms with Crippen molar-refractivity contribution in [2.45, 2.75) is 0 Å². The molecule has 65 heavy (non-hydrogen) atoms. The van der Waals surface area contributed by atoms with E-state index in [1.807, 2.05) is 84.9 Å². The molecule has 0 aliphatic heterocycles. The summed E-state index contributed by atoms with van der Waals surface area (Å²) < 4.78 is 48.5. The maximum Gasteiger partial charge on any atom is 3.00 e. The summed E-state index contributed by atoms with van der Waals surface area (Å²) in [5.41, 5.74) is 6.40. The third-order valence-electron chi connectivity index (χ3n) is 7.25. The molecule has 6 aromatic carbocycles. The summed E-state index contributed by atoms with van der Waals surface area (Å²) in [6.45, 7) is 0. The first-order valence-electron chi connectivity index (χ1n) is 18.3. The number of alkyl halides is 2. The van der Waals surface area contributed by atoms with Gasteiger partial charge in [0.25, 0.3) is 0 Å². The van der Waals surface area contributed by atoms with E-state index in [4.69, 9.17) is 48.9 Å². The van der Waals surface area contributed by atoms with Crippen molar-refractivity contribution in [3.8, 4) is 46.2 Å². The summed E-state index contributed by atoms with van der Waals surface area (Å²) in [5.74, 6) is 7.42. The minimum absolute atomic E-state index is 0. The first-order valence-corrected chi connectivity index (χ1v) is 19.3. The van der Waals surface area contributed by atoms with Crippen LogP contribution in [0, 0.1) is 84.8 Å². The maximum absolute atomic E-state index is 12.1. The Hall–Kier alpha value is -6.36. The van der Waals surface area contributed by atoms with Crippen LogP contribution in [0.2, 0.25) is 0 Å². The van der Waals surface area contributed by atoms with Crippen molar-refractivity contribution in [2.24, 2.45) is 0 Å². The molecule has 0 amide bonds. The van der Waals surface area contributed by atoms with Gasteiger partial charge in [-0.25, -0.2) is 17.6 Å². The zero-order valence-electron chi connectivity index (χ0n) is 33.9. The minimum Gasteiger partial charge on any atom is -0.366 e. The van der Waals surface area contributed by atoms with E-state index in [9.17, 15) is 17.6 Å². The zero-order chi connectivity index (χ0) is 45.9. The van der Waals surface area contributed by atoms with Crippen LogP contribution in [-0.2, 0) is 44.8 Å². The molecule has 0 N–H and O–H groups in total. The van der Waals surface area contributed by atoms with Crippen molar-refractivity contribution >= 4 is 23.2 Å². The third-order valence-corrected chi connectivity index (χ3v) is 7.25. The van der Waals surface area contributed by atoms with Crippen molar-refractivity contribution in [1.29, 1.82) is 0 Å². The fourth-order valence-electron chi connectivity index (χ4n) is 4.28. The minimum atomic E-state index is -0.283. The Morgan fingerprint density at radius 3 is 0.815 bits per heavy atom. The van der Waals surface area contributed by atoms with Gasteiger partial charge in [-0.3, -0.25) is 23.7 Å². The van der Waals surface area contributed by atoms with Crippen molar-refractivity contribution in [1.82, 2.24) is 9.97 Å². The van der Waals surface area contributed by atoms with E-state index in [2.05, 4.69) is 45.8 Å². The number of rotatable bonds is 2. The molecular formula is C55H34Au2Cl2F4N2. The molecule has 2 aromatic heterocycles. The van der Waals surface area contributed by atoms with E-state index < -0.39 is 0 Å². The van der Waals surface area contributed by atoms with Gasteiger partial charge >= 0.3 is 44.8 Å². The Bertz CT molecular complexity index is 2220. The van der Waals surface area contributed by atoms with Gasteiger partial charge in [0.1, 0.15) is 23.3 Å².